The maximum absolute atomic E-state index is 13.0. The maximum Gasteiger partial charge on any atom is 0.243 e. The Morgan fingerprint density at radius 3 is 2.54 bits per heavy atom. The molecule has 1 unspecified atom stereocenters. The van der Waals surface area contributed by atoms with Crippen molar-refractivity contribution in [3.63, 3.8) is 0 Å². The first-order valence-electron chi connectivity index (χ1n) is 7.92. The summed E-state index contributed by atoms with van der Waals surface area (Å²) in [5, 5.41) is 1.53. The average Bonchev–Trinajstić information content (AvgIpc) is 3.05. The molecule has 24 heavy (non-hydrogen) atoms. The van der Waals surface area contributed by atoms with E-state index in [4.69, 9.17) is 10.5 Å². The minimum atomic E-state index is -3.52. The van der Waals surface area contributed by atoms with Crippen molar-refractivity contribution in [3.05, 3.63) is 36.4 Å². The summed E-state index contributed by atoms with van der Waals surface area (Å²) in [5.74, 6) is 0.960. The second kappa shape index (κ2) is 7.70. The number of rotatable bonds is 5. The molecule has 0 aromatic heterocycles. The van der Waals surface area contributed by atoms with Gasteiger partial charge in [0.2, 0.25) is 10.0 Å². The third-order valence-electron chi connectivity index (χ3n) is 4.34. The Labute approximate surface area is 149 Å². The summed E-state index contributed by atoms with van der Waals surface area (Å²) >= 11 is 0. The summed E-state index contributed by atoms with van der Waals surface area (Å²) in [4.78, 5) is 0.342. The van der Waals surface area contributed by atoms with Crippen molar-refractivity contribution in [2.24, 2.45) is 11.7 Å². The predicted octanol–water partition coefficient (Wildman–Crippen LogP) is 2.63. The minimum absolute atomic E-state index is 0. The normalized spacial score (nSPS) is 18.5. The van der Waals surface area contributed by atoms with Gasteiger partial charge < -0.3 is 10.5 Å². The van der Waals surface area contributed by atoms with E-state index < -0.39 is 10.0 Å². The van der Waals surface area contributed by atoms with Gasteiger partial charge in [-0.15, -0.1) is 12.4 Å². The third kappa shape index (κ3) is 3.37. The van der Waals surface area contributed by atoms with E-state index in [9.17, 15) is 8.42 Å². The number of hydrogen-bond acceptors (Lipinski definition) is 4. The van der Waals surface area contributed by atoms with Gasteiger partial charge in [-0.2, -0.15) is 4.31 Å². The van der Waals surface area contributed by atoms with Gasteiger partial charge in [-0.1, -0.05) is 24.3 Å². The molecule has 1 fully saturated rings. The number of fused-ring (bicyclic) bond motifs is 1. The Bertz CT molecular complexity index is 811. The number of halogens is 1. The van der Waals surface area contributed by atoms with Crippen molar-refractivity contribution >= 4 is 33.2 Å². The molecule has 1 aliphatic heterocycles. The highest BCUT2D eigenvalue weighted by Crippen LogP contribution is 2.34. The monoisotopic (exact) mass is 370 g/mol. The molecule has 1 heterocycles. The zero-order chi connectivity index (χ0) is 16.4. The zero-order valence-corrected chi connectivity index (χ0v) is 15.3. The van der Waals surface area contributed by atoms with Crippen molar-refractivity contribution < 1.29 is 13.2 Å². The fraction of sp³-hybridized carbons (Fsp3) is 0.412. The topological polar surface area (TPSA) is 72.6 Å². The Morgan fingerprint density at radius 2 is 1.92 bits per heavy atom. The van der Waals surface area contributed by atoms with Crippen LogP contribution in [-0.2, 0) is 10.0 Å². The van der Waals surface area contributed by atoms with E-state index in [1.54, 1.807) is 16.4 Å². The zero-order valence-electron chi connectivity index (χ0n) is 13.6. The van der Waals surface area contributed by atoms with Crippen LogP contribution in [0.1, 0.15) is 13.3 Å². The molecule has 2 N–H and O–H groups in total. The second-order valence-electron chi connectivity index (χ2n) is 5.79. The molecule has 1 atom stereocenters. The van der Waals surface area contributed by atoms with Crippen LogP contribution in [0.25, 0.3) is 10.8 Å². The molecular formula is C17H23ClN2O3S. The first-order chi connectivity index (χ1) is 11.1. The Kier molecular flexibility index (Phi) is 6.09. The van der Waals surface area contributed by atoms with E-state index in [0.29, 0.717) is 42.3 Å². The van der Waals surface area contributed by atoms with Crippen LogP contribution in [0.5, 0.6) is 5.75 Å². The van der Waals surface area contributed by atoms with Crippen LogP contribution in [0, 0.1) is 5.92 Å². The van der Waals surface area contributed by atoms with Crippen molar-refractivity contribution in [1.29, 1.82) is 0 Å². The molecule has 1 saturated heterocycles. The smallest absolute Gasteiger partial charge is 0.243 e. The molecule has 0 saturated carbocycles. The molecule has 7 heteroatoms. The van der Waals surface area contributed by atoms with Crippen LogP contribution in [0.2, 0.25) is 0 Å². The number of benzene rings is 2. The van der Waals surface area contributed by atoms with Gasteiger partial charge in [-0.3, -0.25) is 0 Å². The summed E-state index contributed by atoms with van der Waals surface area (Å²) in [7, 11) is -3.52. The van der Waals surface area contributed by atoms with Gasteiger partial charge in [0.15, 0.2) is 0 Å². The lowest BCUT2D eigenvalue weighted by atomic mass is 10.1. The lowest BCUT2D eigenvalue weighted by Crippen LogP contribution is -2.30. The fourth-order valence-electron chi connectivity index (χ4n) is 3.10. The first kappa shape index (κ1) is 19.0. The van der Waals surface area contributed by atoms with Crippen LogP contribution >= 0.6 is 12.4 Å². The molecule has 0 amide bonds. The van der Waals surface area contributed by atoms with Crippen LogP contribution < -0.4 is 10.5 Å². The van der Waals surface area contributed by atoms with Crippen LogP contribution in [0.4, 0.5) is 0 Å². The largest absolute Gasteiger partial charge is 0.493 e. The number of ether oxygens (including phenoxy) is 1. The van der Waals surface area contributed by atoms with Gasteiger partial charge in [-0.05, 0) is 37.9 Å². The standard InChI is InChI=1S/C17H22N2O3S.ClH/c1-2-22-16-7-8-17(15-6-4-3-5-14(15)16)23(20,21)19-10-9-13(11-18)12-19;/h3-8,13H,2,9-12,18H2,1H3;1H. The van der Waals surface area contributed by atoms with E-state index in [2.05, 4.69) is 0 Å². The molecule has 0 aliphatic carbocycles. The number of hydrogen-bond donors (Lipinski definition) is 1. The molecule has 1 aliphatic rings. The van der Waals surface area contributed by atoms with Crippen molar-refractivity contribution in [1.82, 2.24) is 4.31 Å². The Hall–Kier alpha value is -1.34. The predicted molar refractivity (Wildman–Crippen MR) is 98.3 cm³/mol. The molecule has 0 radical (unpaired) electrons. The molecule has 2 aromatic carbocycles. The van der Waals surface area contributed by atoms with Crippen LogP contribution in [0.15, 0.2) is 41.3 Å². The highest BCUT2D eigenvalue weighted by Gasteiger charge is 2.33. The summed E-state index contributed by atoms with van der Waals surface area (Å²) in [6, 6.07) is 10.9. The Morgan fingerprint density at radius 1 is 1.21 bits per heavy atom. The number of sulfonamides is 1. The molecule has 0 spiro atoms. The number of nitrogens with two attached hydrogens (primary N) is 1. The van der Waals surface area contributed by atoms with E-state index in [1.165, 1.54) is 0 Å². The summed E-state index contributed by atoms with van der Waals surface area (Å²) < 4.78 is 33.2. The highest BCUT2D eigenvalue weighted by molar-refractivity contribution is 7.89. The Balaban J connectivity index is 0.00000208. The lowest BCUT2D eigenvalue weighted by Gasteiger charge is -2.19. The molecule has 132 valence electrons. The van der Waals surface area contributed by atoms with Crippen molar-refractivity contribution in [2.45, 2.75) is 18.2 Å². The van der Waals surface area contributed by atoms with Gasteiger partial charge in [-0.25, -0.2) is 8.42 Å². The first-order valence-corrected chi connectivity index (χ1v) is 9.36. The van der Waals surface area contributed by atoms with Gasteiger partial charge in [0.05, 0.1) is 11.5 Å². The van der Waals surface area contributed by atoms with Gasteiger partial charge in [0.25, 0.3) is 0 Å². The maximum atomic E-state index is 13.0. The van der Waals surface area contributed by atoms with Crippen LogP contribution in [-0.4, -0.2) is 39.0 Å². The second-order valence-corrected chi connectivity index (χ2v) is 7.70. The summed E-state index contributed by atoms with van der Waals surface area (Å²) in [5.41, 5.74) is 5.68. The van der Waals surface area contributed by atoms with E-state index in [-0.39, 0.29) is 18.3 Å². The van der Waals surface area contributed by atoms with Gasteiger partial charge >= 0.3 is 0 Å². The average molecular weight is 371 g/mol. The summed E-state index contributed by atoms with van der Waals surface area (Å²) in [6.07, 6.45) is 0.824. The highest BCUT2D eigenvalue weighted by atomic mass is 35.5. The SMILES string of the molecule is CCOc1ccc(S(=O)(=O)N2CCC(CN)C2)c2ccccc12.Cl. The molecule has 3 rings (SSSR count). The van der Waals surface area contributed by atoms with E-state index in [1.807, 2.05) is 31.2 Å². The van der Waals surface area contributed by atoms with E-state index >= 15 is 0 Å². The van der Waals surface area contributed by atoms with E-state index in [0.717, 1.165) is 11.8 Å². The molecule has 0 bridgehead atoms. The van der Waals surface area contributed by atoms with Gasteiger partial charge in [0.1, 0.15) is 5.75 Å². The minimum Gasteiger partial charge on any atom is -0.493 e. The van der Waals surface area contributed by atoms with Gasteiger partial charge in [0, 0.05) is 23.9 Å². The van der Waals surface area contributed by atoms with Crippen molar-refractivity contribution in [3.8, 4) is 5.75 Å². The van der Waals surface area contributed by atoms with Crippen LogP contribution in [0.3, 0.4) is 0 Å². The third-order valence-corrected chi connectivity index (χ3v) is 6.27. The molecule has 2 aromatic rings. The lowest BCUT2D eigenvalue weighted by molar-refractivity contribution is 0.344. The summed E-state index contributed by atoms with van der Waals surface area (Å²) in [6.45, 7) is 4.01. The number of nitrogens with zero attached hydrogens (tertiary/aromatic N) is 1. The fourth-order valence-corrected chi connectivity index (χ4v) is 4.82. The molecular weight excluding hydrogens is 348 g/mol. The van der Waals surface area contributed by atoms with Crippen molar-refractivity contribution in [2.75, 3.05) is 26.2 Å². The quantitative estimate of drug-likeness (QED) is 0.878. The molecule has 5 nitrogen and oxygen atoms in total.